The zero-order chi connectivity index (χ0) is 30.5. The number of aliphatic hydroxyl groups is 4. The first-order chi connectivity index (χ1) is 20.4. The van der Waals surface area contributed by atoms with Crippen LogP contribution < -0.4 is 5.73 Å². The Morgan fingerprint density at radius 1 is 1.16 bits per heavy atom. The number of carbonyl (C=O) groups is 2. The summed E-state index contributed by atoms with van der Waals surface area (Å²) in [7, 11) is 0. The molecule has 0 bridgehead atoms. The van der Waals surface area contributed by atoms with E-state index in [2.05, 4.69) is 13.0 Å². The molecule has 0 spiro atoms. The highest BCUT2D eigenvalue weighted by Crippen LogP contribution is 2.67. The van der Waals surface area contributed by atoms with Gasteiger partial charge in [-0.3, -0.25) is 9.59 Å². The zero-order valence-corrected chi connectivity index (χ0v) is 24.8. The van der Waals surface area contributed by atoms with Crippen molar-refractivity contribution in [2.75, 3.05) is 6.54 Å². The molecule has 0 radical (unpaired) electrons. The average molecular weight is 591 g/mol. The van der Waals surface area contributed by atoms with Gasteiger partial charge in [0, 0.05) is 17.5 Å². The number of carbonyl (C=O) groups excluding carboxylic acids is 2. The third-order valence-corrected chi connectivity index (χ3v) is 12.2. The van der Waals surface area contributed by atoms with Crippen molar-refractivity contribution in [2.24, 2.45) is 34.3 Å². The highest BCUT2D eigenvalue weighted by Gasteiger charge is 2.68. The van der Waals surface area contributed by atoms with Crippen LogP contribution in [0.3, 0.4) is 0 Å². The third kappa shape index (κ3) is 3.96. The molecule has 8 atom stereocenters. The van der Waals surface area contributed by atoms with Gasteiger partial charge < -0.3 is 31.1 Å². The van der Waals surface area contributed by atoms with Gasteiger partial charge in [-0.25, -0.2) is 4.68 Å². The molecule has 8 unspecified atom stereocenters. The summed E-state index contributed by atoms with van der Waals surface area (Å²) in [6.45, 7) is 4.68. The number of amides is 2. The van der Waals surface area contributed by atoms with Crippen LogP contribution in [0.2, 0.25) is 0 Å². The number of primary amides is 1. The Balaban J connectivity index is 1.19. The quantitative estimate of drug-likeness (QED) is 0.341. The first-order valence-electron chi connectivity index (χ1n) is 15.6. The Hall–Kier alpha value is -3.05. The first kappa shape index (κ1) is 28.7. The summed E-state index contributed by atoms with van der Waals surface area (Å²) in [6.07, 6.45) is 6.70. The molecular weight excluding hydrogens is 548 g/mol. The number of fused-ring (bicyclic) bond motifs is 6. The molecule has 5 aliphatic rings. The van der Waals surface area contributed by atoms with Gasteiger partial charge in [-0.05, 0) is 104 Å². The number of benzene rings is 1. The van der Waals surface area contributed by atoms with Crippen molar-refractivity contribution in [3.05, 3.63) is 52.9 Å². The van der Waals surface area contributed by atoms with Crippen LogP contribution in [-0.2, 0) is 11.2 Å². The lowest BCUT2D eigenvalue weighted by molar-refractivity contribution is -0.252. The molecule has 2 heterocycles. The molecule has 2 amide bonds. The SMILES string of the molecule is CC12Cc3cnn(-c4cccc(C(=O)N5CCCC5C(N)=O)c4)c3C=C1CCC1C2C(O)CC2(C)C1CCC2(O)C(O)O. The van der Waals surface area contributed by atoms with Crippen LogP contribution in [0, 0.1) is 28.6 Å². The standard InChI is InChI=1S/C33H42N4O6/c1-31-15-19-17-35-37(21-6-3-5-18(13-21)29(40)36-12-4-7-24(36)28(34)39)25(19)14-20(31)8-9-22-23-10-11-33(43,30(41)42)32(23,2)16-26(38)27(22)31/h3,5-6,13-14,17,22-24,26-27,30,38,41-43H,4,7-12,15-16H2,1-2H3,(H2,34,39). The van der Waals surface area contributed by atoms with E-state index in [9.17, 15) is 30.0 Å². The molecule has 1 saturated heterocycles. The Morgan fingerprint density at radius 2 is 1.95 bits per heavy atom. The minimum Gasteiger partial charge on any atom is -0.393 e. The monoisotopic (exact) mass is 590 g/mol. The molecule has 7 rings (SSSR count). The molecular formula is C33H42N4O6. The van der Waals surface area contributed by atoms with E-state index in [1.807, 2.05) is 36.0 Å². The van der Waals surface area contributed by atoms with Crippen molar-refractivity contribution in [3.63, 3.8) is 0 Å². The summed E-state index contributed by atoms with van der Waals surface area (Å²) in [4.78, 5) is 26.8. The number of aromatic nitrogens is 2. The van der Waals surface area contributed by atoms with Gasteiger partial charge >= 0.3 is 0 Å². The van der Waals surface area contributed by atoms with E-state index in [4.69, 9.17) is 10.8 Å². The van der Waals surface area contributed by atoms with E-state index in [1.54, 1.807) is 11.0 Å². The lowest BCUT2D eigenvalue weighted by Crippen LogP contribution is -2.62. The van der Waals surface area contributed by atoms with E-state index in [0.29, 0.717) is 37.8 Å². The van der Waals surface area contributed by atoms with Crippen LogP contribution in [-0.4, -0.2) is 77.5 Å². The van der Waals surface area contributed by atoms with E-state index in [-0.39, 0.29) is 29.1 Å². The zero-order valence-electron chi connectivity index (χ0n) is 24.8. The van der Waals surface area contributed by atoms with Gasteiger partial charge in [0.2, 0.25) is 5.91 Å². The lowest BCUT2D eigenvalue weighted by atomic mass is 9.45. The van der Waals surface area contributed by atoms with Gasteiger partial charge in [0.25, 0.3) is 5.91 Å². The van der Waals surface area contributed by atoms with Crippen molar-refractivity contribution in [1.29, 1.82) is 0 Å². The van der Waals surface area contributed by atoms with E-state index >= 15 is 0 Å². The van der Waals surface area contributed by atoms with Crippen molar-refractivity contribution in [1.82, 2.24) is 14.7 Å². The van der Waals surface area contributed by atoms with Crippen molar-refractivity contribution in [3.8, 4) is 5.69 Å². The fourth-order valence-electron chi connectivity index (χ4n) is 10.1. The van der Waals surface area contributed by atoms with Crippen LogP contribution in [0.4, 0.5) is 0 Å². The number of nitrogens with two attached hydrogens (primary N) is 1. The van der Waals surface area contributed by atoms with E-state index in [1.165, 1.54) is 5.57 Å². The summed E-state index contributed by atoms with van der Waals surface area (Å²) in [6, 6.07) is 6.75. The number of likely N-dealkylation sites (tertiary alicyclic amines) is 1. The summed E-state index contributed by atoms with van der Waals surface area (Å²) < 4.78 is 1.87. The van der Waals surface area contributed by atoms with Crippen molar-refractivity contribution >= 4 is 17.9 Å². The minimum absolute atomic E-state index is 0.0140. The summed E-state index contributed by atoms with van der Waals surface area (Å²) in [5.41, 5.74) is 7.45. The molecule has 2 aromatic rings. The highest BCUT2D eigenvalue weighted by atomic mass is 16.5. The normalized spacial score (nSPS) is 38.3. The smallest absolute Gasteiger partial charge is 0.254 e. The molecule has 3 saturated carbocycles. The number of aliphatic hydroxyl groups excluding tert-OH is 2. The maximum absolute atomic E-state index is 13.4. The minimum atomic E-state index is -1.84. The van der Waals surface area contributed by atoms with Crippen LogP contribution in [0.15, 0.2) is 36.0 Å². The second-order valence-electron chi connectivity index (χ2n) is 14.2. The molecule has 6 N–H and O–H groups in total. The van der Waals surface area contributed by atoms with Crippen molar-refractivity contribution < 1.29 is 30.0 Å². The molecule has 230 valence electrons. The predicted octanol–water partition coefficient (Wildman–Crippen LogP) is 2.16. The van der Waals surface area contributed by atoms with Crippen molar-refractivity contribution in [2.45, 2.75) is 89.3 Å². The fraction of sp³-hybridized carbons (Fsp3) is 0.606. The molecule has 1 aromatic carbocycles. The molecule has 10 heteroatoms. The maximum Gasteiger partial charge on any atom is 0.254 e. The number of hydrogen-bond donors (Lipinski definition) is 5. The van der Waals surface area contributed by atoms with E-state index in [0.717, 1.165) is 42.6 Å². The summed E-state index contributed by atoms with van der Waals surface area (Å²) >= 11 is 0. The van der Waals surface area contributed by atoms with Crippen LogP contribution in [0.5, 0.6) is 0 Å². The average Bonchev–Trinajstić information content (AvgIpc) is 3.67. The second kappa shape index (κ2) is 9.72. The third-order valence-electron chi connectivity index (χ3n) is 12.2. The van der Waals surface area contributed by atoms with Gasteiger partial charge in [0.15, 0.2) is 6.29 Å². The molecule has 1 aliphatic heterocycles. The summed E-state index contributed by atoms with van der Waals surface area (Å²) in [5, 5.41) is 48.1. The lowest BCUT2D eigenvalue weighted by Gasteiger charge is -2.60. The molecule has 43 heavy (non-hydrogen) atoms. The van der Waals surface area contributed by atoms with Gasteiger partial charge in [-0.1, -0.05) is 25.5 Å². The number of allylic oxidation sites excluding steroid dienone is 1. The molecule has 1 aromatic heterocycles. The highest BCUT2D eigenvalue weighted by molar-refractivity contribution is 5.98. The largest absolute Gasteiger partial charge is 0.393 e. The Labute approximate surface area is 251 Å². The predicted molar refractivity (Wildman–Crippen MR) is 157 cm³/mol. The maximum atomic E-state index is 13.4. The summed E-state index contributed by atoms with van der Waals surface area (Å²) in [5.74, 6) is -0.438. The number of hydrogen-bond acceptors (Lipinski definition) is 7. The van der Waals surface area contributed by atoms with Gasteiger partial charge in [-0.15, -0.1) is 0 Å². The topological polar surface area (TPSA) is 162 Å². The number of nitrogens with zero attached hydrogens (tertiary/aromatic N) is 3. The molecule has 4 aliphatic carbocycles. The van der Waals surface area contributed by atoms with E-state index < -0.39 is 35.4 Å². The molecule has 10 nitrogen and oxygen atoms in total. The molecule has 4 fully saturated rings. The van der Waals surface area contributed by atoms with Gasteiger partial charge in [0.05, 0.1) is 23.7 Å². The van der Waals surface area contributed by atoms with Crippen LogP contribution in [0.1, 0.15) is 80.4 Å². The second-order valence-corrected chi connectivity index (χ2v) is 14.2. The Kier molecular flexibility index (Phi) is 6.49. The van der Waals surface area contributed by atoms with Crippen LogP contribution in [0.25, 0.3) is 11.8 Å². The van der Waals surface area contributed by atoms with Gasteiger partial charge in [0.1, 0.15) is 11.6 Å². The van der Waals surface area contributed by atoms with Crippen LogP contribution >= 0.6 is 0 Å². The first-order valence-corrected chi connectivity index (χ1v) is 15.6. The van der Waals surface area contributed by atoms with Gasteiger partial charge in [-0.2, -0.15) is 5.10 Å². The Morgan fingerprint density at radius 3 is 2.70 bits per heavy atom. The Bertz CT molecular complexity index is 1520. The fourth-order valence-corrected chi connectivity index (χ4v) is 10.1. The number of rotatable bonds is 4.